The molecule has 0 saturated heterocycles. The molecule has 0 saturated carbocycles. The van der Waals surface area contributed by atoms with Crippen LogP contribution in [0.15, 0.2) is 47.6 Å². The molecule has 1 N–H and O–H groups in total. The third-order valence-corrected chi connectivity index (χ3v) is 3.36. The lowest BCUT2D eigenvalue weighted by Crippen LogP contribution is -2.16. The molecule has 1 amide bonds. The third kappa shape index (κ3) is 6.97. The van der Waals surface area contributed by atoms with Crippen molar-refractivity contribution in [2.75, 3.05) is 25.6 Å². The zero-order valence-corrected chi connectivity index (χ0v) is 15.6. The van der Waals surface area contributed by atoms with Gasteiger partial charge in [0.1, 0.15) is 5.82 Å². The molecule has 2 aromatic carbocycles. The number of halogens is 1. The Bertz CT molecular complexity index is 776. The predicted molar refractivity (Wildman–Crippen MR) is 102 cm³/mol. The van der Waals surface area contributed by atoms with Crippen molar-refractivity contribution < 1.29 is 23.5 Å². The summed E-state index contributed by atoms with van der Waals surface area (Å²) in [5, 5.41) is 6.35. The number of oxime groups is 1. The number of anilines is 1. The zero-order valence-electron chi connectivity index (χ0n) is 15.6. The second-order valence-corrected chi connectivity index (χ2v) is 6.18. The summed E-state index contributed by atoms with van der Waals surface area (Å²) in [6.07, 6.45) is 1.47. The fourth-order valence-electron chi connectivity index (χ4n) is 2.06. The van der Waals surface area contributed by atoms with Crippen molar-refractivity contribution in [3.63, 3.8) is 0 Å². The molecule has 0 heterocycles. The molecule has 7 heteroatoms. The van der Waals surface area contributed by atoms with Crippen LogP contribution in [0.3, 0.4) is 0 Å². The van der Waals surface area contributed by atoms with Gasteiger partial charge >= 0.3 is 0 Å². The van der Waals surface area contributed by atoms with Gasteiger partial charge in [-0.2, -0.15) is 0 Å². The molecule has 2 rings (SSSR count). The van der Waals surface area contributed by atoms with Crippen LogP contribution < -0.4 is 14.8 Å². The maximum atomic E-state index is 12.8. The molecule has 0 aliphatic heterocycles. The number of hydrogen-bond donors (Lipinski definition) is 1. The molecule has 0 unspecified atom stereocenters. The van der Waals surface area contributed by atoms with E-state index < -0.39 is 5.91 Å². The quantitative estimate of drug-likeness (QED) is 0.535. The molecule has 0 aliphatic carbocycles. The summed E-state index contributed by atoms with van der Waals surface area (Å²) in [6.45, 7) is 4.46. The Labute approximate surface area is 157 Å². The topological polar surface area (TPSA) is 69.2 Å². The first-order valence-electron chi connectivity index (χ1n) is 8.49. The van der Waals surface area contributed by atoms with E-state index in [-0.39, 0.29) is 12.4 Å². The van der Waals surface area contributed by atoms with E-state index in [4.69, 9.17) is 14.3 Å². The fraction of sp³-hybridized carbons (Fsp3) is 0.300. The summed E-state index contributed by atoms with van der Waals surface area (Å²) >= 11 is 0. The minimum Gasteiger partial charge on any atom is -0.493 e. The average Bonchev–Trinajstić information content (AvgIpc) is 2.65. The molecule has 27 heavy (non-hydrogen) atoms. The Balaban J connectivity index is 1.84. The van der Waals surface area contributed by atoms with Crippen molar-refractivity contribution >= 4 is 17.8 Å². The molecule has 0 fully saturated rings. The number of nitrogens with one attached hydrogen (secondary N) is 1. The van der Waals surface area contributed by atoms with E-state index >= 15 is 0 Å². The van der Waals surface area contributed by atoms with Gasteiger partial charge < -0.3 is 19.6 Å². The van der Waals surface area contributed by atoms with E-state index in [2.05, 4.69) is 24.3 Å². The van der Waals surface area contributed by atoms with Gasteiger partial charge in [-0.25, -0.2) is 4.39 Å². The summed E-state index contributed by atoms with van der Waals surface area (Å²) in [7, 11) is 1.56. The van der Waals surface area contributed by atoms with Crippen molar-refractivity contribution in [2.24, 2.45) is 11.1 Å². The van der Waals surface area contributed by atoms with Gasteiger partial charge in [0.15, 0.2) is 18.1 Å². The highest BCUT2D eigenvalue weighted by atomic mass is 19.1. The van der Waals surface area contributed by atoms with E-state index in [1.165, 1.54) is 30.5 Å². The van der Waals surface area contributed by atoms with Crippen LogP contribution in [0.4, 0.5) is 10.1 Å². The SMILES string of the molecule is COc1cc(/C=N\OCC(=O)Nc2ccc(F)cc2)ccc1OCC(C)C. The molecule has 0 aliphatic rings. The monoisotopic (exact) mass is 374 g/mol. The average molecular weight is 374 g/mol. The number of nitrogens with zero attached hydrogens (tertiary/aromatic N) is 1. The van der Waals surface area contributed by atoms with Gasteiger partial charge in [0.05, 0.1) is 19.9 Å². The van der Waals surface area contributed by atoms with E-state index in [9.17, 15) is 9.18 Å². The Hall–Kier alpha value is -3.09. The Kier molecular flexibility index (Phi) is 7.61. The van der Waals surface area contributed by atoms with Gasteiger partial charge in [-0.05, 0) is 48.4 Å². The van der Waals surface area contributed by atoms with Crippen LogP contribution in [0.5, 0.6) is 11.5 Å². The van der Waals surface area contributed by atoms with Crippen LogP contribution in [-0.2, 0) is 9.63 Å². The van der Waals surface area contributed by atoms with Crippen molar-refractivity contribution in [1.29, 1.82) is 0 Å². The number of carbonyl (C=O) groups is 1. The molecule has 0 spiro atoms. The van der Waals surface area contributed by atoms with Gasteiger partial charge in [-0.1, -0.05) is 19.0 Å². The van der Waals surface area contributed by atoms with Crippen LogP contribution in [-0.4, -0.2) is 32.4 Å². The lowest BCUT2D eigenvalue weighted by molar-refractivity contribution is -0.120. The number of hydrogen-bond acceptors (Lipinski definition) is 5. The molecule has 0 bridgehead atoms. The van der Waals surface area contributed by atoms with Gasteiger partial charge in [-0.3, -0.25) is 4.79 Å². The molecule has 2 aromatic rings. The second-order valence-electron chi connectivity index (χ2n) is 6.18. The Morgan fingerprint density at radius 1 is 1.19 bits per heavy atom. The maximum absolute atomic E-state index is 12.8. The number of ether oxygens (including phenoxy) is 2. The molecule has 0 radical (unpaired) electrons. The van der Waals surface area contributed by atoms with Crippen molar-refractivity contribution in [1.82, 2.24) is 0 Å². The number of rotatable bonds is 9. The van der Waals surface area contributed by atoms with Crippen LogP contribution in [0.25, 0.3) is 0 Å². The summed E-state index contributed by atoms with van der Waals surface area (Å²) in [5.74, 6) is 0.890. The highest BCUT2D eigenvalue weighted by Gasteiger charge is 2.06. The molecule has 144 valence electrons. The summed E-state index contributed by atoms with van der Waals surface area (Å²) in [6, 6.07) is 10.8. The van der Waals surface area contributed by atoms with Gasteiger partial charge in [0, 0.05) is 11.3 Å². The second kappa shape index (κ2) is 10.2. The fourth-order valence-corrected chi connectivity index (χ4v) is 2.06. The largest absolute Gasteiger partial charge is 0.493 e. The first-order valence-corrected chi connectivity index (χ1v) is 8.49. The summed E-state index contributed by atoms with van der Waals surface area (Å²) in [5.41, 5.74) is 1.22. The minimum atomic E-state index is -0.395. The number of amides is 1. The zero-order chi connectivity index (χ0) is 19.6. The minimum absolute atomic E-state index is 0.263. The Morgan fingerprint density at radius 2 is 1.93 bits per heavy atom. The lowest BCUT2D eigenvalue weighted by atomic mass is 10.2. The molecular weight excluding hydrogens is 351 g/mol. The summed E-state index contributed by atoms with van der Waals surface area (Å²) in [4.78, 5) is 16.7. The van der Waals surface area contributed by atoms with Gasteiger partial charge in [-0.15, -0.1) is 0 Å². The lowest BCUT2D eigenvalue weighted by Gasteiger charge is -2.12. The van der Waals surface area contributed by atoms with Crippen molar-refractivity contribution in [2.45, 2.75) is 13.8 Å². The molecule has 6 nitrogen and oxygen atoms in total. The normalized spacial score (nSPS) is 10.9. The third-order valence-electron chi connectivity index (χ3n) is 3.36. The molecular formula is C20H23FN2O4. The summed E-state index contributed by atoms with van der Waals surface area (Å²) < 4.78 is 23.8. The number of carbonyl (C=O) groups excluding carboxylic acids is 1. The molecule has 0 aromatic heterocycles. The van der Waals surface area contributed by atoms with Crippen molar-refractivity contribution in [3.05, 3.63) is 53.8 Å². The number of methoxy groups -OCH3 is 1. The standard InChI is InChI=1S/C20H23FN2O4/c1-14(2)12-26-18-9-4-15(10-19(18)25-3)11-22-27-13-20(24)23-17-7-5-16(21)6-8-17/h4-11,14H,12-13H2,1-3H3,(H,23,24)/b22-11-. The first kappa shape index (κ1) is 20.2. The van der Waals surface area contributed by atoms with Gasteiger partial charge in [0.25, 0.3) is 5.91 Å². The van der Waals surface area contributed by atoms with Crippen molar-refractivity contribution in [3.8, 4) is 11.5 Å². The van der Waals surface area contributed by atoms with Crippen LogP contribution >= 0.6 is 0 Å². The van der Waals surface area contributed by atoms with E-state index in [1.54, 1.807) is 19.2 Å². The smallest absolute Gasteiger partial charge is 0.265 e. The first-order chi connectivity index (χ1) is 13.0. The molecule has 0 atom stereocenters. The van der Waals surface area contributed by atoms with Crippen LogP contribution in [0.1, 0.15) is 19.4 Å². The predicted octanol–water partition coefficient (Wildman–Crippen LogP) is 3.86. The highest BCUT2D eigenvalue weighted by molar-refractivity contribution is 5.91. The van der Waals surface area contributed by atoms with Gasteiger partial charge in [0.2, 0.25) is 0 Å². The highest BCUT2D eigenvalue weighted by Crippen LogP contribution is 2.28. The maximum Gasteiger partial charge on any atom is 0.265 e. The van der Waals surface area contributed by atoms with E-state index in [0.717, 1.165) is 5.56 Å². The number of benzene rings is 2. The van der Waals surface area contributed by atoms with Crippen LogP contribution in [0.2, 0.25) is 0 Å². The van der Waals surface area contributed by atoms with Crippen LogP contribution in [0, 0.1) is 11.7 Å². The van der Waals surface area contributed by atoms with E-state index in [0.29, 0.717) is 29.7 Å². The Morgan fingerprint density at radius 3 is 2.59 bits per heavy atom. The van der Waals surface area contributed by atoms with E-state index in [1.807, 2.05) is 6.07 Å².